The molecule has 2 fully saturated rings. The monoisotopic (exact) mass is 524 g/mol. The maximum absolute atomic E-state index is 13.5. The Hall–Kier alpha value is -4.26. The van der Waals surface area contributed by atoms with Crippen LogP contribution in [0.5, 0.6) is 5.75 Å². The fraction of sp³-hybridized carbons (Fsp3) is 0.312. The van der Waals surface area contributed by atoms with Crippen LogP contribution in [0.25, 0.3) is 28.2 Å². The molecule has 7 nitrogen and oxygen atoms in total. The summed E-state index contributed by atoms with van der Waals surface area (Å²) in [6.07, 6.45) is 13.0. The number of amides is 1. The minimum Gasteiger partial charge on any atom is -0.489 e. The first-order valence-electron chi connectivity index (χ1n) is 13.7. The fourth-order valence-corrected chi connectivity index (χ4v) is 6.01. The standard InChI is InChI=1S/C32H32N2O5/c35-29(36)13-8-21-6-10-25(11-7-21)39-26-14-16-34(19-26)32(37)23-9-12-27-28(18-23)33-31(24-15-17-38-20-24)30(27)22-4-2-1-3-5-22/h6-13,15,17-18,20,22,26,33H,1-5,14,16,19H2,(H,35,36)/b13-8+. The van der Waals surface area contributed by atoms with Crippen molar-refractivity contribution in [2.45, 2.75) is 50.5 Å². The third-order valence-electron chi connectivity index (χ3n) is 7.94. The molecule has 1 aliphatic heterocycles. The quantitative estimate of drug-likeness (QED) is 0.257. The lowest BCUT2D eigenvalue weighted by Crippen LogP contribution is -2.30. The van der Waals surface area contributed by atoms with Gasteiger partial charge in [-0.2, -0.15) is 0 Å². The van der Waals surface area contributed by atoms with Gasteiger partial charge in [0.05, 0.1) is 24.8 Å². The number of aromatic nitrogens is 1. The van der Waals surface area contributed by atoms with Crippen molar-refractivity contribution in [1.82, 2.24) is 9.88 Å². The van der Waals surface area contributed by atoms with Crippen molar-refractivity contribution < 1.29 is 23.8 Å². The molecule has 2 aromatic heterocycles. The molecule has 1 saturated carbocycles. The van der Waals surface area contributed by atoms with E-state index in [0.29, 0.717) is 30.3 Å². The Morgan fingerprint density at radius 3 is 2.59 bits per heavy atom. The lowest BCUT2D eigenvalue weighted by Gasteiger charge is -2.22. The van der Waals surface area contributed by atoms with E-state index in [0.717, 1.165) is 34.8 Å². The molecular weight excluding hydrogens is 492 g/mol. The van der Waals surface area contributed by atoms with Gasteiger partial charge >= 0.3 is 5.97 Å². The predicted octanol–water partition coefficient (Wildman–Crippen LogP) is 6.87. The zero-order chi connectivity index (χ0) is 26.8. The summed E-state index contributed by atoms with van der Waals surface area (Å²) >= 11 is 0. The van der Waals surface area contributed by atoms with Gasteiger partial charge < -0.3 is 24.1 Å². The number of furan rings is 1. The Morgan fingerprint density at radius 1 is 1.03 bits per heavy atom. The summed E-state index contributed by atoms with van der Waals surface area (Å²) < 4.78 is 11.5. The van der Waals surface area contributed by atoms with Gasteiger partial charge in [0.2, 0.25) is 0 Å². The molecule has 0 spiro atoms. The zero-order valence-electron chi connectivity index (χ0n) is 21.8. The fourth-order valence-electron chi connectivity index (χ4n) is 6.01. The van der Waals surface area contributed by atoms with Gasteiger partial charge in [-0.05, 0) is 66.3 Å². The van der Waals surface area contributed by atoms with Crippen LogP contribution < -0.4 is 4.74 Å². The van der Waals surface area contributed by atoms with E-state index in [1.165, 1.54) is 43.1 Å². The van der Waals surface area contributed by atoms with Gasteiger partial charge in [0.1, 0.15) is 11.9 Å². The van der Waals surface area contributed by atoms with Gasteiger partial charge in [0.25, 0.3) is 5.91 Å². The molecule has 2 aliphatic rings. The van der Waals surface area contributed by atoms with Crippen molar-refractivity contribution in [1.29, 1.82) is 0 Å². The summed E-state index contributed by atoms with van der Waals surface area (Å²) in [6, 6.07) is 15.3. The number of rotatable bonds is 7. The van der Waals surface area contributed by atoms with Crippen LogP contribution in [0.15, 0.2) is 71.6 Å². The molecule has 200 valence electrons. The van der Waals surface area contributed by atoms with Crippen molar-refractivity contribution >= 4 is 28.9 Å². The van der Waals surface area contributed by atoms with E-state index >= 15 is 0 Å². The molecule has 3 heterocycles. The Labute approximate surface area is 227 Å². The number of carbonyl (C=O) groups excluding carboxylic acids is 1. The zero-order valence-corrected chi connectivity index (χ0v) is 21.8. The molecule has 1 saturated heterocycles. The number of aliphatic carboxylic acids is 1. The van der Waals surface area contributed by atoms with E-state index in [4.69, 9.17) is 14.3 Å². The molecule has 6 rings (SSSR count). The topological polar surface area (TPSA) is 95.8 Å². The van der Waals surface area contributed by atoms with Crippen molar-refractivity contribution in [3.05, 3.63) is 83.8 Å². The van der Waals surface area contributed by atoms with Crippen molar-refractivity contribution in [2.24, 2.45) is 0 Å². The van der Waals surface area contributed by atoms with Gasteiger partial charge in [-0.3, -0.25) is 4.79 Å². The first-order valence-corrected chi connectivity index (χ1v) is 13.7. The van der Waals surface area contributed by atoms with Crippen molar-refractivity contribution in [2.75, 3.05) is 13.1 Å². The molecule has 1 atom stereocenters. The summed E-state index contributed by atoms with van der Waals surface area (Å²) in [5.74, 6) is 0.245. The van der Waals surface area contributed by atoms with Gasteiger partial charge in [-0.1, -0.05) is 37.5 Å². The summed E-state index contributed by atoms with van der Waals surface area (Å²) in [6.45, 7) is 1.16. The van der Waals surface area contributed by atoms with Gasteiger partial charge in [-0.15, -0.1) is 0 Å². The molecule has 2 aromatic carbocycles. The Balaban J connectivity index is 1.17. The molecule has 7 heteroatoms. The molecule has 39 heavy (non-hydrogen) atoms. The first kappa shape index (κ1) is 25.0. The number of carboxylic acid groups (broad SMARTS) is 1. The number of nitrogens with one attached hydrogen (secondary N) is 1. The van der Waals surface area contributed by atoms with E-state index in [1.807, 2.05) is 47.4 Å². The van der Waals surface area contributed by atoms with Crippen LogP contribution in [-0.2, 0) is 4.79 Å². The van der Waals surface area contributed by atoms with E-state index < -0.39 is 5.97 Å². The third-order valence-corrected chi connectivity index (χ3v) is 7.94. The van der Waals surface area contributed by atoms with Crippen LogP contribution in [0.4, 0.5) is 0 Å². The lowest BCUT2D eigenvalue weighted by atomic mass is 9.82. The van der Waals surface area contributed by atoms with Crippen molar-refractivity contribution in [3.63, 3.8) is 0 Å². The SMILES string of the molecule is O=C(O)/C=C/c1ccc(OC2CCN(C(=O)c3ccc4c(C5CCCCC5)c(-c5ccoc5)[nH]c4c3)C2)cc1. The molecular formula is C32H32N2O5. The minimum absolute atomic E-state index is 0.0100. The summed E-state index contributed by atoms with van der Waals surface area (Å²) in [7, 11) is 0. The van der Waals surface area contributed by atoms with E-state index in [1.54, 1.807) is 18.6 Å². The second-order valence-electron chi connectivity index (χ2n) is 10.5. The van der Waals surface area contributed by atoms with Crippen LogP contribution in [0.1, 0.15) is 65.9 Å². The smallest absolute Gasteiger partial charge is 0.328 e. The highest BCUT2D eigenvalue weighted by Gasteiger charge is 2.29. The Bertz CT molecular complexity index is 1490. The number of H-pyrrole nitrogens is 1. The van der Waals surface area contributed by atoms with Crippen LogP contribution in [-0.4, -0.2) is 46.1 Å². The number of ether oxygens (including phenoxy) is 1. The number of carboxylic acids is 1. The molecule has 0 bridgehead atoms. The largest absolute Gasteiger partial charge is 0.489 e. The number of hydrogen-bond acceptors (Lipinski definition) is 4. The molecule has 0 radical (unpaired) electrons. The van der Waals surface area contributed by atoms with Crippen LogP contribution in [0.3, 0.4) is 0 Å². The number of likely N-dealkylation sites (tertiary alicyclic amines) is 1. The van der Waals surface area contributed by atoms with Crippen LogP contribution >= 0.6 is 0 Å². The average Bonchev–Trinajstić information content (AvgIpc) is 3.72. The molecule has 1 amide bonds. The van der Waals surface area contributed by atoms with Gasteiger partial charge in [0, 0.05) is 41.1 Å². The number of hydrogen-bond donors (Lipinski definition) is 2. The second kappa shape index (κ2) is 10.8. The molecule has 2 N–H and O–H groups in total. The third kappa shape index (κ3) is 5.35. The van der Waals surface area contributed by atoms with E-state index in [9.17, 15) is 9.59 Å². The summed E-state index contributed by atoms with van der Waals surface area (Å²) in [5.41, 5.74) is 5.95. The molecule has 1 unspecified atom stereocenters. The number of aromatic amines is 1. The Kier molecular flexibility index (Phi) is 6.97. The van der Waals surface area contributed by atoms with Crippen LogP contribution in [0, 0.1) is 0 Å². The molecule has 1 aliphatic carbocycles. The van der Waals surface area contributed by atoms with E-state index in [-0.39, 0.29) is 12.0 Å². The van der Waals surface area contributed by atoms with Crippen LogP contribution in [0.2, 0.25) is 0 Å². The lowest BCUT2D eigenvalue weighted by molar-refractivity contribution is -0.131. The molecule has 4 aromatic rings. The number of fused-ring (bicyclic) bond motifs is 1. The number of benzene rings is 2. The Morgan fingerprint density at radius 2 is 1.85 bits per heavy atom. The maximum Gasteiger partial charge on any atom is 0.328 e. The normalized spacial score (nSPS) is 18.3. The van der Waals surface area contributed by atoms with Gasteiger partial charge in [0.15, 0.2) is 0 Å². The highest BCUT2D eigenvalue weighted by atomic mass is 16.5. The predicted molar refractivity (Wildman–Crippen MR) is 150 cm³/mol. The summed E-state index contributed by atoms with van der Waals surface area (Å²) in [5, 5.41) is 9.97. The van der Waals surface area contributed by atoms with Gasteiger partial charge in [-0.25, -0.2) is 4.79 Å². The van der Waals surface area contributed by atoms with E-state index in [2.05, 4.69) is 11.1 Å². The number of nitrogens with zero attached hydrogens (tertiary/aromatic N) is 1. The highest BCUT2D eigenvalue weighted by molar-refractivity contribution is 6.00. The maximum atomic E-state index is 13.5. The number of carbonyl (C=O) groups is 2. The average molecular weight is 525 g/mol. The highest BCUT2D eigenvalue weighted by Crippen LogP contribution is 2.42. The van der Waals surface area contributed by atoms with Crippen molar-refractivity contribution in [3.8, 4) is 17.0 Å². The second-order valence-corrected chi connectivity index (χ2v) is 10.5. The summed E-state index contributed by atoms with van der Waals surface area (Å²) in [4.78, 5) is 29.6. The first-order chi connectivity index (χ1) is 19.0. The minimum atomic E-state index is -0.982.